The van der Waals surface area contributed by atoms with Gasteiger partial charge in [-0.1, -0.05) is 11.6 Å². The van der Waals surface area contributed by atoms with Crippen molar-refractivity contribution in [2.45, 2.75) is 12.5 Å². The van der Waals surface area contributed by atoms with Crippen molar-refractivity contribution in [1.82, 2.24) is 10.2 Å². The molecule has 1 aromatic heterocycles. The van der Waals surface area contributed by atoms with Gasteiger partial charge >= 0.3 is 5.97 Å². The molecular weight excluding hydrogens is 296 g/mol. The Labute approximate surface area is 125 Å². The number of H-pyrrole nitrogens is 1. The van der Waals surface area contributed by atoms with Gasteiger partial charge in [-0.25, -0.2) is 4.79 Å². The fourth-order valence-corrected chi connectivity index (χ4v) is 2.35. The zero-order valence-corrected chi connectivity index (χ0v) is 11.8. The van der Waals surface area contributed by atoms with Crippen molar-refractivity contribution in [2.75, 3.05) is 13.2 Å². The summed E-state index contributed by atoms with van der Waals surface area (Å²) >= 11 is 6.21. The van der Waals surface area contributed by atoms with Gasteiger partial charge < -0.3 is 14.6 Å². The van der Waals surface area contributed by atoms with E-state index in [-0.39, 0.29) is 11.8 Å². The highest BCUT2D eigenvalue weighted by Gasteiger charge is 2.19. The van der Waals surface area contributed by atoms with E-state index in [2.05, 4.69) is 10.2 Å². The topological polar surface area (TPSA) is 84.4 Å². The number of halogens is 1. The van der Waals surface area contributed by atoms with Crippen molar-refractivity contribution >= 4 is 17.6 Å². The molecule has 1 saturated heterocycles. The lowest BCUT2D eigenvalue weighted by atomic mass is 10.1. The molecule has 0 spiro atoms. The second-order valence-electron chi connectivity index (χ2n) is 4.72. The number of aromatic amines is 1. The van der Waals surface area contributed by atoms with Gasteiger partial charge in [-0.05, 0) is 24.3 Å². The smallest absolute Gasteiger partial charge is 0.353 e. The van der Waals surface area contributed by atoms with Crippen LogP contribution in [0.15, 0.2) is 24.3 Å². The van der Waals surface area contributed by atoms with Crippen LogP contribution in [0.3, 0.4) is 0 Å². The highest BCUT2D eigenvalue weighted by molar-refractivity contribution is 6.32. The van der Waals surface area contributed by atoms with Crippen molar-refractivity contribution in [3.8, 4) is 17.0 Å². The zero-order valence-electron chi connectivity index (χ0n) is 11.0. The van der Waals surface area contributed by atoms with Crippen LogP contribution in [0.4, 0.5) is 0 Å². The number of benzene rings is 1. The van der Waals surface area contributed by atoms with Crippen LogP contribution in [0.2, 0.25) is 5.02 Å². The molecule has 0 aliphatic carbocycles. The van der Waals surface area contributed by atoms with E-state index in [1.807, 2.05) is 0 Å². The van der Waals surface area contributed by atoms with Crippen molar-refractivity contribution in [3.05, 3.63) is 35.0 Å². The van der Waals surface area contributed by atoms with Crippen LogP contribution in [0.5, 0.6) is 5.75 Å². The normalized spacial score (nSPS) is 17.9. The Balaban J connectivity index is 1.80. The molecule has 2 aromatic rings. The number of nitrogens with one attached hydrogen (secondary N) is 1. The van der Waals surface area contributed by atoms with Gasteiger partial charge in [-0.2, -0.15) is 5.10 Å². The highest BCUT2D eigenvalue weighted by atomic mass is 35.5. The number of rotatable bonds is 4. The molecule has 0 amide bonds. The van der Waals surface area contributed by atoms with Crippen LogP contribution in [0, 0.1) is 0 Å². The van der Waals surface area contributed by atoms with E-state index in [1.54, 1.807) is 18.2 Å². The largest absolute Gasteiger partial charge is 0.486 e. The molecule has 0 radical (unpaired) electrons. The maximum absolute atomic E-state index is 10.8. The molecule has 0 saturated carbocycles. The first-order valence-electron chi connectivity index (χ1n) is 6.46. The number of carbonyl (C=O) groups is 1. The molecular formula is C14H13ClN2O4. The fourth-order valence-electron chi connectivity index (χ4n) is 2.12. The molecule has 1 aliphatic heterocycles. The number of carboxylic acids is 1. The van der Waals surface area contributed by atoms with E-state index >= 15 is 0 Å². The molecule has 2 heterocycles. The lowest BCUT2D eigenvalue weighted by molar-refractivity contribution is 0.0690. The van der Waals surface area contributed by atoms with Crippen LogP contribution < -0.4 is 4.74 Å². The Bertz CT molecular complexity index is 665. The van der Waals surface area contributed by atoms with Gasteiger partial charge in [0.15, 0.2) is 0 Å². The average Bonchev–Trinajstić information content (AvgIpc) is 3.12. The van der Waals surface area contributed by atoms with E-state index in [0.29, 0.717) is 29.7 Å². The first-order chi connectivity index (χ1) is 10.1. The molecule has 7 heteroatoms. The Morgan fingerprint density at radius 2 is 2.33 bits per heavy atom. The minimum atomic E-state index is -1.05. The predicted octanol–water partition coefficient (Wildman–Crippen LogP) is 2.60. The Hall–Kier alpha value is -2.05. The maximum Gasteiger partial charge on any atom is 0.353 e. The van der Waals surface area contributed by atoms with Crippen LogP contribution in [-0.4, -0.2) is 40.6 Å². The molecule has 3 rings (SSSR count). The molecule has 1 aromatic carbocycles. The van der Waals surface area contributed by atoms with Crippen molar-refractivity contribution in [1.29, 1.82) is 0 Å². The van der Waals surface area contributed by atoms with Gasteiger partial charge in [0, 0.05) is 12.0 Å². The molecule has 0 bridgehead atoms. The summed E-state index contributed by atoms with van der Waals surface area (Å²) in [6.07, 6.45) is 0.872. The summed E-state index contributed by atoms with van der Waals surface area (Å²) in [6.45, 7) is 1.27. The number of hydrogen-bond acceptors (Lipinski definition) is 4. The van der Waals surface area contributed by atoms with Crippen LogP contribution >= 0.6 is 11.6 Å². The zero-order chi connectivity index (χ0) is 14.8. The molecule has 1 aliphatic rings. The van der Waals surface area contributed by atoms with E-state index in [1.165, 1.54) is 6.07 Å². The van der Waals surface area contributed by atoms with E-state index in [0.717, 1.165) is 12.0 Å². The molecule has 2 N–H and O–H groups in total. The van der Waals surface area contributed by atoms with Gasteiger partial charge in [0.05, 0.1) is 23.9 Å². The Kier molecular flexibility index (Phi) is 3.81. The highest BCUT2D eigenvalue weighted by Crippen LogP contribution is 2.31. The lowest BCUT2D eigenvalue weighted by Gasteiger charge is -2.13. The average molecular weight is 309 g/mol. The van der Waals surface area contributed by atoms with E-state index in [4.69, 9.17) is 26.2 Å². The number of aromatic carboxylic acids is 1. The maximum atomic E-state index is 10.8. The summed E-state index contributed by atoms with van der Waals surface area (Å²) < 4.78 is 11.0. The SMILES string of the molecule is O=C(O)c1cc(-c2ccc(OC3CCOC3)c(Cl)c2)n[nH]1. The first kappa shape index (κ1) is 13.9. The molecule has 1 fully saturated rings. The van der Waals surface area contributed by atoms with E-state index in [9.17, 15) is 4.79 Å². The third kappa shape index (κ3) is 3.01. The summed E-state index contributed by atoms with van der Waals surface area (Å²) in [7, 11) is 0. The minimum absolute atomic E-state index is 0.0253. The Morgan fingerprint density at radius 1 is 1.48 bits per heavy atom. The summed E-state index contributed by atoms with van der Waals surface area (Å²) in [6, 6.07) is 6.71. The quantitative estimate of drug-likeness (QED) is 0.907. The second kappa shape index (κ2) is 5.75. The van der Waals surface area contributed by atoms with Crippen molar-refractivity contribution in [2.24, 2.45) is 0 Å². The molecule has 1 unspecified atom stereocenters. The summed E-state index contributed by atoms with van der Waals surface area (Å²) in [5.74, 6) is -0.467. The van der Waals surface area contributed by atoms with E-state index < -0.39 is 5.97 Å². The minimum Gasteiger partial charge on any atom is -0.486 e. The number of hydrogen-bond donors (Lipinski definition) is 2. The lowest BCUT2D eigenvalue weighted by Crippen LogP contribution is -2.15. The predicted molar refractivity (Wildman–Crippen MR) is 75.8 cm³/mol. The molecule has 21 heavy (non-hydrogen) atoms. The summed E-state index contributed by atoms with van der Waals surface area (Å²) in [5, 5.41) is 15.7. The van der Waals surface area contributed by atoms with Crippen LogP contribution in [0.25, 0.3) is 11.3 Å². The third-order valence-electron chi connectivity index (χ3n) is 3.22. The number of ether oxygens (including phenoxy) is 2. The van der Waals surface area contributed by atoms with Crippen LogP contribution in [0.1, 0.15) is 16.9 Å². The summed E-state index contributed by atoms with van der Waals surface area (Å²) in [4.78, 5) is 10.8. The monoisotopic (exact) mass is 308 g/mol. The first-order valence-corrected chi connectivity index (χ1v) is 6.84. The van der Waals surface area contributed by atoms with Crippen molar-refractivity contribution < 1.29 is 19.4 Å². The molecule has 1 atom stereocenters. The number of carboxylic acid groups (broad SMARTS) is 1. The van der Waals surface area contributed by atoms with Gasteiger partial charge in [0.2, 0.25) is 0 Å². The standard InChI is InChI=1S/C14H13ClN2O4/c15-10-5-8(11-6-12(14(18)19)17-16-11)1-2-13(10)21-9-3-4-20-7-9/h1-2,5-6,9H,3-4,7H2,(H,16,17)(H,18,19). The van der Waals surface area contributed by atoms with Gasteiger partial charge in [0.1, 0.15) is 17.5 Å². The Morgan fingerprint density at radius 3 is 2.95 bits per heavy atom. The second-order valence-corrected chi connectivity index (χ2v) is 5.13. The number of aromatic nitrogens is 2. The van der Waals surface area contributed by atoms with Gasteiger partial charge in [-0.3, -0.25) is 5.10 Å². The number of nitrogens with zero attached hydrogens (tertiary/aromatic N) is 1. The van der Waals surface area contributed by atoms with Crippen LogP contribution in [-0.2, 0) is 4.74 Å². The van der Waals surface area contributed by atoms with Gasteiger partial charge in [0.25, 0.3) is 0 Å². The summed E-state index contributed by atoms with van der Waals surface area (Å²) in [5.41, 5.74) is 1.27. The molecule has 110 valence electrons. The fraction of sp³-hybridized carbons (Fsp3) is 0.286. The van der Waals surface area contributed by atoms with Crippen molar-refractivity contribution in [3.63, 3.8) is 0 Å². The third-order valence-corrected chi connectivity index (χ3v) is 3.51. The van der Waals surface area contributed by atoms with Gasteiger partial charge in [-0.15, -0.1) is 0 Å². The molecule has 6 nitrogen and oxygen atoms in total.